The number of ketones is 1. The third-order valence-electron chi connectivity index (χ3n) is 2.60. The summed E-state index contributed by atoms with van der Waals surface area (Å²) in [6.07, 6.45) is 3.06. The van der Waals surface area contributed by atoms with E-state index in [4.69, 9.17) is 4.42 Å². The number of para-hydroxylation sites is 1. The highest BCUT2D eigenvalue weighted by Gasteiger charge is 2.12. The van der Waals surface area contributed by atoms with Gasteiger partial charge < -0.3 is 4.42 Å². The van der Waals surface area contributed by atoms with Gasteiger partial charge in [0.2, 0.25) is 5.78 Å². The summed E-state index contributed by atoms with van der Waals surface area (Å²) in [5.41, 5.74) is 1.42. The number of benzene rings is 1. The van der Waals surface area contributed by atoms with Crippen LogP contribution < -0.4 is 0 Å². The molecule has 0 saturated heterocycles. The Bertz CT molecular complexity index is 672. The number of pyridine rings is 1. The Morgan fingerprint density at radius 3 is 2.82 bits per heavy atom. The second-order valence-corrected chi connectivity index (χ2v) is 3.72. The number of nitrogens with zero attached hydrogens (tertiary/aromatic N) is 1. The molecule has 0 amide bonds. The molecule has 0 unspecified atom stereocenters. The third-order valence-corrected chi connectivity index (χ3v) is 2.60. The van der Waals surface area contributed by atoms with E-state index in [2.05, 4.69) is 4.98 Å². The van der Waals surface area contributed by atoms with Crippen molar-refractivity contribution in [2.75, 3.05) is 0 Å². The van der Waals surface area contributed by atoms with Gasteiger partial charge in [-0.15, -0.1) is 0 Å². The van der Waals surface area contributed by atoms with Crippen molar-refractivity contribution in [2.45, 2.75) is 0 Å². The first-order chi connectivity index (χ1) is 8.34. The lowest BCUT2D eigenvalue weighted by Crippen LogP contribution is -2.00. The number of hydrogen-bond acceptors (Lipinski definition) is 3. The molecule has 0 aliphatic rings. The van der Waals surface area contributed by atoms with Crippen molar-refractivity contribution in [3.05, 3.63) is 66.2 Å². The predicted octanol–water partition coefficient (Wildman–Crippen LogP) is 3.06. The molecule has 3 aromatic rings. The standard InChI is InChI=1S/C14H9NO2/c16-14(13-6-3-7-17-13)11-8-10-4-1-2-5-12(10)15-9-11/h1-9H. The molecule has 0 spiro atoms. The number of aromatic nitrogens is 1. The van der Waals surface area contributed by atoms with Crippen LogP contribution in [0.15, 0.2) is 59.3 Å². The predicted molar refractivity (Wildman–Crippen MR) is 63.9 cm³/mol. The van der Waals surface area contributed by atoms with E-state index in [0.717, 1.165) is 10.9 Å². The van der Waals surface area contributed by atoms with E-state index in [1.165, 1.54) is 6.26 Å². The highest BCUT2D eigenvalue weighted by Crippen LogP contribution is 2.15. The molecule has 0 radical (unpaired) electrons. The Hall–Kier alpha value is -2.42. The minimum atomic E-state index is -0.145. The molecular weight excluding hydrogens is 214 g/mol. The lowest BCUT2D eigenvalue weighted by Gasteiger charge is -2.00. The SMILES string of the molecule is O=C(c1cnc2ccccc2c1)c1ccco1. The van der Waals surface area contributed by atoms with Crippen LogP contribution in [0.4, 0.5) is 0 Å². The van der Waals surface area contributed by atoms with Crippen LogP contribution in [0.3, 0.4) is 0 Å². The number of fused-ring (bicyclic) bond motifs is 1. The summed E-state index contributed by atoms with van der Waals surface area (Å²) in [5.74, 6) is 0.190. The van der Waals surface area contributed by atoms with Crippen molar-refractivity contribution in [3.8, 4) is 0 Å². The third kappa shape index (κ3) is 1.72. The Morgan fingerprint density at radius 1 is 1.12 bits per heavy atom. The Morgan fingerprint density at radius 2 is 2.00 bits per heavy atom. The fourth-order valence-corrected chi connectivity index (χ4v) is 1.75. The van der Waals surface area contributed by atoms with Gasteiger partial charge in [0.25, 0.3) is 0 Å². The maximum atomic E-state index is 12.0. The highest BCUT2D eigenvalue weighted by atomic mass is 16.3. The second-order valence-electron chi connectivity index (χ2n) is 3.72. The van der Waals surface area contributed by atoms with Crippen LogP contribution >= 0.6 is 0 Å². The molecule has 0 bridgehead atoms. The molecule has 1 aromatic carbocycles. The zero-order valence-electron chi connectivity index (χ0n) is 8.96. The molecule has 0 atom stereocenters. The zero-order valence-corrected chi connectivity index (χ0v) is 8.96. The molecular formula is C14H9NO2. The van der Waals surface area contributed by atoms with Crippen LogP contribution in [0.5, 0.6) is 0 Å². The molecule has 0 N–H and O–H groups in total. The van der Waals surface area contributed by atoms with E-state index in [0.29, 0.717) is 11.3 Å². The first kappa shape index (κ1) is 9.78. The van der Waals surface area contributed by atoms with Crippen LogP contribution in [0, 0.1) is 0 Å². The normalized spacial score (nSPS) is 10.6. The molecule has 0 fully saturated rings. The zero-order chi connectivity index (χ0) is 11.7. The Labute approximate surface area is 97.7 Å². The molecule has 82 valence electrons. The number of hydrogen-bond donors (Lipinski definition) is 0. The molecule has 3 rings (SSSR count). The molecule has 2 heterocycles. The van der Waals surface area contributed by atoms with Gasteiger partial charge in [-0.05, 0) is 24.3 Å². The van der Waals surface area contributed by atoms with E-state index in [9.17, 15) is 4.79 Å². The maximum absolute atomic E-state index is 12.0. The van der Waals surface area contributed by atoms with Crippen molar-refractivity contribution >= 4 is 16.7 Å². The van der Waals surface area contributed by atoms with Crippen LogP contribution in [-0.2, 0) is 0 Å². The Kier molecular flexibility index (Phi) is 2.22. The lowest BCUT2D eigenvalue weighted by molar-refractivity contribution is 0.101. The van der Waals surface area contributed by atoms with Gasteiger partial charge in [0.1, 0.15) is 0 Å². The molecule has 0 aliphatic heterocycles. The molecule has 3 nitrogen and oxygen atoms in total. The van der Waals surface area contributed by atoms with Crippen LogP contribution in [-0.4, -0.2) is 10.8 Å². The smallest absolute Gasteiger partial charge is 0.229 e. The minimum Gasteiger partial charge on any atom is -0.461 e. The summed E-state index contributed by atoms with van der Waals surface area (Å²) in [5, 5.41) is 0.949. The number of furan rings is 1. The number of carbonyl (C=O) groups excluding carboxylic acids is 1. The molecule has 0 aliphatic carbocycles. The molecule has 2 aromatic heterocycles. The van der Waals surface area contributed by atoms with Crippen LogP contribution in [0.1, 0.15) is 16.1 Å². The largest absolute Gasteiger partial charge is 0.461 e. The fourth-order valence-electron chi connectivity index (χ4n) is 1.75. The Balaban J connectivity index is 2.09. The van der Waals surface area contributed by atoms with Gasteiger partial charge in [-0.25, -0.2) is 0 Å². The quantitative estimate of drug-likeness (QED) is 0.627. The van der Waals surface area contributed by atoms with Crippen LogP contribution in [0.25, 0.3) is 10.9 Å². The topological polar surface area (TPSA) is 43.1 Å². The first-order valence-electron chi connectivity index (χ1n) is 5.27. The summed E-state index contributed by atoms with van der Waals surface area (Å²) >= 11 is 0. The average molecular weight is 223 g/mol. The number of rotatable bonds is 2. The molecule has 3 heteroatoms. The minimum absolute atomic E-state index is 0.145. The maximum Gasteiger partial charge on any atom is 0.229 e. The van der Waals surface area contributed by atoms with Gasteiger partial charge in [-0.2, -0.15) is 0 Å². The van der Waals surface area contributed by atoms with Crippen molar-refractivity contribution in [1.29, 1.82) is 0 Å². The fraction of sp³-hybridized carbons (Fsp3) is 0. The molecule has 17 heavy (non-hydrogen) atoms. The number of carbonyl (C=O) groups is 1. The van der Waals surface area contributed by atoms with Gasteiger partial charge in [0, 0.05) is 17.1 Å². The van der Waals surface area contributed by atoms with Gasteiger partial charge in [0.05, 0.1) is 11.8 Å². The van der Waals surface area contributed by atoms with Crippen LogP contribution in [0.2, 0.25) is 0 Å². The van der Waals surface area contributed by atoms with Crippen molar-refractivity contribution in [1.82, 2.24) is 4.98 Å². The van der Waals surface area contributed by atoms with Crippen molar-refractivity contribution in [2.24, 2.45) is 0 Å². The van der Waals surface area contributed by atoms with Crippen molar-refractivity contribution in [3.63, 3.8) is 0 Å². The van der Waals surface area contributed by atoms with E-state index < -0.39 is 0 Å². The lowest BCUT2D eigenvalue weighted by atomic mass is 10.1. The summed E-state index contributed by atoms with van der Waals surface area (Å²) in [6.45, 7) is 0. The van der Waals surface area contributed by atoms with Gasteiger partial charge in [0.15, 0.2) is 5.76 Å². The summed E-state index contributed by atoms with van der Waals surface area (Å²) in [6, 6.07) is 12.9. The highest BCUT2D eigenvalue weighted by molar-refractivity contribution is 6.08. The van der Waals surface area contributed by atoms with Gasteiger partial charge in [-0.1, -0.05) is 18.2 Å². The summed E-state index contributed by atoms with van der Waals surface area (Å²) in [4.78, 5) is 16.3. The van der Waals surface area contributed by atoms with E-state index in [1.807, 2.05) is 30.3 Å². The van der Waals surface area contributed by atoms with E-state index >= 15 is 0 Å². The van der Waals surface area contributed by atoms with Gasteiger partial charge in [-0.3, -0.25) is 9.78 Å². The second kappa shape index (κ2) is 3.87. The summed E-state index contributed by atoms with van der Waals surface area (Å²) < 4.78 is 5.08. The van der Waals surface area contributed by atoms with E-state index in [1.54, 1.807) is 18.3 Å². The summed E-state index contributed by atoms with van der Waals surface area (Å²) in [7, 11) is 0. The average Bonchev–Trinajstić information content (AvgIpc) is 2.91. The monoisotopic (exact) mass is 223 g/mol. The van der Waals surface area contributed by atoms with E-state index in [-0.39, 0.29) is 5.78 Å². The van der Waals surface area contributed by atoms with Crippen molar-refractivity contribution < 1.29 is 9.21 Å². The first-order valence-corrected chi connectivity index (χ1v) is 5.27. The van der Waals surface area contributed by atoms with Gasteiger partial charge >= 0.3 is 0 Å². The molecule has 0 saturated carbocycles.